The minimum atomic E-state index is -0.457. The molecule has 2 aromatic carbocycles. The number of rotatable bonds is 6. The number of benzene rings is 2. The Balaban J connectivity index is 0.00000280. The van der Waals surface area contributed by atoms with Gasteiger partial charge >= 0.3 is 0 Å². The number of likely N-dealkylation sites (tertiary alicyclic amines) is 1. The molecule has 0 aromatic heterocycles. The van der Waals surface area contributed by atoms with Crippen LogP contribution in [0.25, 0.3) is 0 Å². The molecule has 1 fully saturated rings. The van der Waals surface area contributed by atoms with Crippen molar-refractivity contribution in [3.05, 3.63) is 69.8 Å². The van der Waals surface area contributed by atoms with Crippen LogP contribution in [-0.4, -0.2) is 32.7 Å². The SMILES string of the molecule is Cl.NC(=NCc1ccc(O)cc1)[C@@H]1CCC(=O)N1Cc1ccc([N+](=O)[O-])cc1. The van der Waals surface area contributed by atoms with Crippen LogP contribution >= 0.6 is 12.4 Å². The quantitative estimate of drug-likeness (QED) is 0.331. The van der Waals surface area contributed by atoms with Gasteiger partial charge in [-0.2, -0.15) is 0 Å². The van der Waals surface area contributed by atoms with Gasteiger partial charge in [-0.05, 0) is 29.7 Å². The molecule has 3 rings (SSSR count). The van der Waals surface area contributed by atoms with E-state index in [0.29, 0.717) is 31.8 Å². The number of phenols is 1. The molecule has 1 aliphatic rings. The van der Waals surface area contributed by atoms with Gasteiger partial charge in [-0.1, -0.05) is 24.3 Å². The Labute approximate surface area is 168 Å². The topological polar surface area (TPSA) is 122 Å². The molecule has 0 aliphatic carbocycles. The van der Waals surface area contributed by atoms with Crippen LogP contribution in [0.15, 0.2) is 53.5 Å². The van der Waals surface area contributed by atoms with E-state index in [-0.39, 0.29) is 35.8 Å². The van der Waals surface area contributed by atoms with Crippen LogP contribution in [0.4, 0.5) is 5.69 Å². The van der Waals surface area contributed by atoms with Gasteiger partial charge in [0, 0.05) is 25.1 Å². The summed E-state index contributed by atoms with van der Waals surface area (Å²) in [5.74, 6) is 0.559. The summed E-state index contributed by atoms with van der Waals surface area (Å²) >= 11 is 0. The number of phenolic OH excluding ortho intramolecular Hbond substituents is 1. The number of hydrogen-bond donors (Lipinski definition) is 2. The number of carbonyl (C=O) groups excluding carboxylic acids is 1. The Morgan fingerprint density at radius 1 is 1.18 bits per heavy atom. The molecule has 148 valence electrons. The number of non-ortho nitro benzene ring substituents is 1. The van der Waals surface area contributed by atoms with Crippen molar-refractivity contribution in [2.75, 3.05) is 0 Å². The lowest BCUT2D eigenvalue weighted by molar-refractivity contribution is -0.384. The molecule has 0 saturated carbocycles. The third kappa shape index (κ3) is 4.98. The second-order valence-corrected chi connectivity index (χ2v) is 6.41. The maximum atomic E-state index is 12.3. The van der Waals surface area contributed by atoms with Gasteiger partial charge in [0.05, 0.1) is 17.5 Å². The number of nitro benzene ring substituents is 1. The van der Waals surface area contributed by atoms with Crippen LogP contribution in [0.3, 0.4) is 0 Å². The number of nitrogens with zero attached hydrogens (tertiary/aromatic N) is 3. The Morgan fingerprint density at radius 2 is 1.79 bits per heavy atom. The number of amidine groups is 1. The average molecular weight is 405 g/mol. The Bertz CT molecular complexity index is 869. The number of nitrogens with two attached hydrogens (primary N) is 1. The average Bonchev–Trinajstić information content (AvgIpc) is 3.02. The van der Waals surface area contributed by atoms with E-state index < -0.39 is 4.92 Å². The molecular formula is C19H21ClN4O4. The summed E-state index contributed by atoms with van der Waals surface area (Å²) in [5, 5.41) is 20.1. The molecule has 1 saturated heterocycles. The fraction of sp³-hybridized carbons (Fsp3) is 0.263. The summed E-state index contributed by atoms with van der Waals surface area (Å²) in [7, 11) is 0. The third-order valence-electron chi connectivity index (χ3n) is 4.55. The van der Waals surface area contributed by atoms with Gasteiger partial charge in [0.1, 0.15) is 11.6 Å². The van der Waals surface area contributed by atoms with Gasteiger partial charge in [-0.15, -0.1) is 12.4 Å². The normalized spacial score (nSPS) is 16.7. The molecule has 28 heavy (non-hydrogen) atoms. The molecule has 0 spiro atoms. The van der Waals surface area contributed by atoms with Crippen LogP contribution in [-0.2, 0) is 17.9 Å². The van der Waals surface area contributed by atoms with Gasteiger partial charge in [0.25, 0.3) is 5.69 Å². The predicted molar refractivity (Wildman–Crippen MR) is 107 cm³/mol. The first kappa shape index (κ1) is 21.2. The minimum absolute atomic E-state index is 0. The standard InChI is InChI=1S/C19H20N4O4.ClH/c20-19(21-11-13-3-7-16(24)8-4-13)17-9-10-18(25)22(17)12-14-1-5-15(6-2-14)23(26)27;/h1-8,17,24H,9-12H2,(H2,20,21);1H/t17-;/m0./s1. The van der Waals surface area contributed by atoms with Crippen LogP contribution in [0, 0.1) is 10.1 Å². The molecule has 1 aliphatic heterocycles. The van der Waals surface area contributed by atoms with Crippen molar-refractivity contribution in [2.45, 2.75) is 32.0 Å². The lowest BCUT2D eigenvalue weighted by Gasteiger charge is -2.24. The maximum Gasteiger partial charge on any atom is 0.269 e. The Morgan fingerprint density at radius 3 is 2.39 bits per heavy atom. The highest BCUT2D eigenvalue weighted by atomic mass is 35.5. The van der Waals surface area contributed by atoms with E-state index in [1.54, 1.807) is 41.3 Å². The number of hydrogen-bond acceptors (Lipinski definition) is 5. The second-order valence-electron chi connectivity index (χ2n) is 6.41. The third-order valence-corrected chi connectivity index (χ3v) is 4.55. The number of aliphatic imine (C=N–C) groups is 1. The molecular weight excluding hydrogens is 384 g/mol. The molecule has 9 heteroatoms. The fourth-order valence-corrected chi connectivity index (χ4v) is 3.05. The fourth-order valence-electron chi connectivity index (χ4n) is 3.05. The first-order valence-corrected chi connectivity index (χ1v) is 8.54. The Hall–Kier alpha value is -3.13. The van der Waals surface area contributed by atoms with Crippen LogP contribution in [0.1, 0.15) is 24.0 Å². The van der Waals surface area contributed by atoms with E-state index in [1.165, 1.54) is 12.1 Å². The van der Waals surface area contributed by atoms with Gasteiger partial charge in [-0.3, -0.25) is 19.9 Å². The van der Waals surface area contributed by atoms with Gasteiger partial charge < -0.3 is 15.7 Å². The highest BCUT2D eigenvalue weighted by Crippen LogP contribution is 2.23. The van der Waals surface area contributed by atoms with Crippen molar-refractivity contribution in [1.82, 2.24) is 4.90 Å². The van der Waals surface area contributed by atoms with E-state index in [2.05, 4.69) is 4.99 Å². The zero-order chi connectivity index (χ0) is 19.4. The van der Waals surface area contributed by atoms with Crippen molar-refractivity contribution >= 4 is 29.8 Å². The zero-order valence-electron chi connectivity index (χ0n) is 15.0. The van der Waals surface area contributed by atoms with Crippen LogP contribution in [0.2, 0.25) is 0 Å². The monoisotopic (exact) mass is 404 g/mol. The number of aromatic hydroxyl groups is 1. The van der Waals surface area contributed by atoms with Crippen LogP contribution < -0.4 is 5.73 Å². The molecule has 2 aromatic rings. The highest BCUT2D eigenvalue weighted by molar-refractivity contribution is 5.93. The zero-order valence-corrected chi connectivity index (χ0v) is 15.8. The van der Waals surface area contributed by atoms with Crippen LogP contribution in [0.5, 0.6) is 5.75 Å². The van der Waals surface area contributed by atoms with E-state index >= 15 is 0 Å². The largest absolute Gasteiger partial charge is 0.508 e. The van der Waals surface area contributed by atoms with Gasteiger partial charge in [0.2, 0.25) is 5.91 Å². The van der Waals surface area contributed by atoms with E-state index in [1.807, 2.05) is 0 Å². The van der Waals surface area contributed by atoms with E-state index in [0.717, 1.165) is 11.1 Å². The summed E-state index contributed by atoms with van der Waals surface area (Å²) in [6, 6.07) is 12.5. The summed E-state index contributed by atoms with van der Waals surface area (Å²) < 4.78 is 0. The summed E-state index contributed by atoms with van der Waals surface area (Å²) in [6.07, 6.45) is 0.990. The summed E-state index contributed by atoms with van der Waals surface area (Å²) in [5.41, 5.74) is 7.86. The van der Waals surface area contributed by atoms with Crippen molar-refractivity contribution in [3.8, 4) is 5.75 Å². The summed E-state index contributed by atoms with van der Waals surface area (Å²) in [6.45, 7) is 0.694. The highest BCUT2D eigenvalue weighted by Gasteiger charge is 2.33. The van der Waals surface area contributed by atoms with Crippen molar-refractivity contribution < 1.29 is 14.8 Å². The molecule has 0 bridgehead atoms. The van der Waals surface area contributed by atoms with E-state index in [9.17, 15) is 20.0 Å². The Kier molecular flexibility index (Phi) is 6.94. The number of amides is 1. The molecule has 1 heterocycles. The molecule has 1 atom stereocenters. The van der Waals surface area contributed by atoms with Crippen molar-refractivity contribution in [1.29, 1.82) is 0 Å². The minimum Gasteiger partial charge on any atom is -0.508 e. The molecule has 3 N–H and O–H groups in total. The number of halogens is 1. The van der Waals surface area contributed by atoms with Crippen molar-refractivity contribution in [2.24, 2.45) is 10.7 Å². The van der Waals surface area contributed by atoms with Gasteiger partial charge in [-0.25, -0.2) is 0 Å². The maximum absolute atomic E-state index is 12.3. The predicted octanol–water partition coefficient (Wildman–Crippen LogP) is 2.77. The van der Waals surface area contributed by atoms with E-state index in [4.69, 9.17) is 5.73 Å². The van der Waals surface area contributed by atoms with Gasteiger partial charge in [0.15, 0.2) is 0 Å². The smallest absolute Gasteiger partial charge is 0.269 e. The second kappa shape index (κ2) is 9.18. The number of carbonyl (C=O) groups is 1. The molecule has 8 nitrogen and oxygen atoms in total. The number of nitro groups is 1. The first-order chi connectivity index (χ1) is 12.9. The molecule has 0 unspecified atom stereocenters. The lowest BCUT2D eigenvalue weighted by Crippen LogP contribution is -2.42. The molecule has 0 radical (unpaired) electrons. The first-order valence-electron chi connectivity index (χ1n) is 8.54. The van der Waals surface area contributed by atoms with Crippen molar-refractivity contribution in [3.63, 3.8) is 0 Å². The lowest BCUT2D eigenvalue weighted by atomic mass is 10.1. The summed E-state index contributed by atoms with van der Waals surface area (Å²) in [4.78, 5) is 28.6. The molecule has 1 amide bonds.